The van der Waals surface area contributed by atoms with E-state index in [1.807, 2.05) is 0 Å². The normalized spacial score (nSPS) is 25.1. The van der Waals surface area contributed by atoms with Crippen LogP contribution in [0.4, 0.5) is 4.79 Å². The molecule has 0 aromatic rings. The first-order valence-electron chi connectivity index (χ1n) is 12.0. The van der Waals surface area contributed by atoms with E-state index in [0.29, 0.717) is 38.9 Å². The highest BCUT2D eigenvalue weighted by molar-refractivity contribution is 5.67. The molecule has 1 N–H and O–H groups in total. The topological polar surface area (TPSA) is 56.8 Å². The Hall–Kier alpha value is -0.810. The van der Waals surface area contributed by atoms with Crippen LogP contribution >= 0.6 is 0 Å². The Morgan fingerprint density at radius 2 is 1.40 bits per heavy atom. The van der Waals surface area contributed by atoms with Crippen molar-refractivity contribution in [2.75, 3.05) is 33.0 Å². The third kappa shape index (κ3) is 9.55. The van der Waals surface area contributed by atoms with Crippen LogP contribution < -0.4 is 5.32 Å². The highest BCUT2D eigenvalue weighted by atomic mass is 16.5. The zero-order chi connectivity index (χ0) is 22.4. The first-order chi connectivity index (χ1) is 13.9. The highest BCUT2D eigenvalue weighted by Gasteiger charge is 2.49. The molecule has 0 aromatic carbocycles. The first kappa shape index (κ1) is 25.5. The summed E-state index contributed by atoms with van der Waals surface area (Å²) in [6.07, 6.45) is 7.78. The van der Waals surface area contributed by atoms with Gasteiger partial charge in [-0.05, 0) is 51.4 Å². The van der Waals surface area contributed by atoms with E-state index in [2.05, 4.69) is 53.8 Å². The summed E-state index contributed by atoms with van der Waals surface area (Å²) in [5.41, 5.74) is -0.338. The lowest BCUT2D eigenvalue weighted by molar-refractivity contribution is -0.0738. The number of hydrogen-bond donors (Lipinski definition) is 1. The van der Waals surface area contributed by atoms with E-state index in [1.54, 1.807) is 0 Å². The zero-order valence-electron chi connectivity index (χ0n) is 20.6. The second-order valence-corrected chi connectivity index (χ2v) is 12.2. The molecule has 2 rings (SSSR count). The Balaban J connectivity index is 1.60. The molecule has 3 atom stereocenters. The number of carbonyl (C=O) groups is 1. The van der Waals surface area contributed by atoms with Gasteiger partial charge >= 0.3 is 6.09 Å². The van der Waals surface area contributed by atoms with Crippen LogP contribution in [0.5, 0.6) is 0 Å². The molecule has 5 heteroatoms. The Bertz CT molecular complexity index is 524. The molecule has 0 unspecified atom stereocenters. The number of hydrogen-bond acceptors (Lipinski definition) is 4. The van der Waals surface area contributed by atoms with Gasteiger partial charge in [0.1, 0.15) is 0 Å². The van der Waals surface area contributed by atoms with Gasteiger partial charge in [0.25, 0.3) is 0 Å². The maximum absolute atomic E-state index is 12.2. The van der Waals surface area contributed by atoms with E-state index in [4.69, 9.17) is 14.2 Å². The van der Waals surface area contributed by atoms with E-state index < -0.39 is 0 Å². The van der Waals surface area contributed by atoms with Gasteiger partial charge in [-0.15, -0.1) is 0 Å². The minimum absolute atomic E-state index is 0.0471. The predicted molar refractivity (Wildman–Crippen MR) is 122 cm³/mol. The molecular formula is C25H47NO4. The van der Waals surface area contributed by atoms with Crippen LogP contribution in [0, 0.1) is 28.6 Å². The molecule has 0 bridgehead atoms. The van der Waals surface area contributed by atoms with Crippen molar-refractivity contribution in [2.45, 2.75) is 92.6 Å². The maximum atomic E-state index is 12.2. The van der Waals surface area contributed by atoms with Crippen molar-refractivity contribution in [3.63, 3.8) is 0 Å². The van der Waals surface area contributed by atoms with E-state index >= 15 is 0 Å². The number of carbonyl (C=O) groups excluding carboxylic acids is 1. The number of alkyl carbamates (subject to hydrolysis) is 1. The molecule has 1 amide bonds. The van der Waals surface area contributed by atoms with Crippen LogP contribution in [-0.4, -0.2) is 44.7 Å². The Morgan fingerprint density at radius 3 is 1.97 bits per heavy atom. The van der Waals surface area contributed by atoms with Gasteiger partial charge in [-0.3, -0.25) is 0 Å². The molecular weight excluding hydrogens is 378 g/mol. The van der Waals surface area contributed by atoms with Gasteiger partial charge in [-0.2, -0.15) is 0 Å². The fourth-order valence-electron chi connectivity index (χ4n) is 4.38. The third-order valence-corrected chi connectivity index (χ3v) is 6.33. The van der Waals surface area contributed by atoms with Gasteiger partial charge in [0, 0.05) is 17.4 Å². The van der Waals surface area contributed by atoms with Crippen LogP contribution in [-0.2, 0) is 14.2 Å². The Kier molecular flexibility index (Phi) is 9.05. The molecule has 2 fully saturated rings. The summed E-state index contributed by atoms with van der Waals surface area (Å²) < 4.78 is 17.4. The van der Waals surface area contributed by atoms with Gasteiger partial charge in [0.05, 0.1) is 32.0 Å². The molecule has 0 saturated heterocycles. The Labute approximate surface area is 185 Å². The smallest absolute Gasteiger partial charge is 0.407 e. The fourth-order valence-corrected chi connectivity index (χ4v) is 4.38. The molecule has 0 aromatic heterocycles. The van der Waals surface area contributed by atoms with Crippen molar-refractivity contribution in [1.82, 2.24) is 5.32 Å². The third-order valence-electron chi connectivity index (χ3n) is 6.33. The fraction of sp³-hybridized carbons (Fsp3) is 0.960. The average Bonchev–Trinajstić information content (AvgIpc) is 3.25. The second-order valence-electron chi connectivity index (χ2n) is 12.2. The molecule has 2 aliphatic rings. The number of rotatable bonds is 10. The number of amides is 1. The van der Waals surface area contributed by atoms with Gasteiger partial charge in [0.2, 0.25) is 0 Å². The van der Waals surface area contributed by atoms with Crippen molar-refractivity contribution in [3.8, 4) is 0 Å². The monoisotopic (exact) mass is 425 g/mol. The maximum Gasteiger partial charge on any atom is 0.407 e. The summed E-state index contributed by atoms with van der Waals surface area (Å²) >= 11 is 0. The largest absolute Gasteiger partial charge is 0.449 e. The quantitative estimate of drug-likeness (QED) is 0.480. The van der Waals surface area contributed by atoms with Gasteiger partial charge in [0.15, 0.2) is 0 Å². The van der Waals surface area contributed by atoms with Gasteiger partial charge in [-0.1, -0.05) is 53.4 Å². The lowest BCUT2D eigenvalue weighted by Gasteiger charge is -2.31. The van der Waals surface area contributed by atoms with E-state index in [1.165, 1.54) is 38.5 Å². The van der Waals surface area contributed by atoms with Crippen molar-refractivity contribution in [3.05, 3.63) is 0 Å². The van der Waals surface area contributed by atoms with Crippen molar-refractivity contribution >= 4 is 6.09 Å². The molecule has 0 heterocycles. The minimum Gasteiger partial charge on any atom is -0.449 e. The summed E-state index contributed by atoms with van der Waals surface area (Å²) in [4.78, 5) is 12.2. The summed E-state index contributed by atoms with van der Waals surface area (Å²) in [5, 5.41) is 2.94. The number of nitrogens with one attached hydrogen (secondary N) is 1. The molecule has 176 valence electrons. The molecule has 0 aliphatic heterocycles. The zero-order valence-corrected chi connectivity index (χ0v) is 20.6. The van der Waals surface area contributed by atoms with Crippen molar-refractivity contribution < 1.29 is 19.0 Å². The first-order valence-corrected chi connectivity index (χ1v) is 12.0. The van der Waals surface area contributed by atoms with Gasteiger partial charge in [-0.25, -0.2) is 4.79 Å². The molecule has 30 heavy (non-hydrogen) atoms. The predicted octanol–water partition coefficient (Wildman–Crippen LogP) is 5.81. The molecule has 0 spiro atoms. The summed E-state index contributed by atoms with van der Waals surface area (Å²) in [5.74, 6) is 2.20. The summed E-state index contributed by atoms with van der Waals surface area (Å²) in [6, 6.07) is 0. The Morgan fingerprint density at radius 1 is 0.833 bits per heavy atom. The van der Waals surface area contributed by atoms with Crippen molar-refractivity contribution in [1.29, 1.82) is 0 Å². The standard InChI is InChI=1S/C25H47NO4/c1-23(2,3)30-18-25(6,7)17-28-16-24(4,5)15-26-22(27)29-14-21-19-12-10-8-9-11-13-20(19)21/h19-21H,8-18H2,1-7H3,(H,26,27)/t19-,20+,21-. The summed E-state index contributed by atoms with van der Waals surface area (Å²) in [6.45, 7) is 17.7. The second kappa shape index (κ2) is 10.7. The lowest BCUT2D eigenvalue weighted by Crippen LogP contribution is -2.38. The van der Waals surface area contributed by atoms with Crippen LogP contribution in [0.3, 0.4) is 0 Å². The van der Waals surface area contributed by atoms with E-state index in [9.17, 15) is 4.79 Å². The van der Waals surface area contributed by atoms with Gasteiger partial charge < -0.3 is 19.5 Å². The van der Waals surface area contributed by atoms with Crippen molar-refractivity contribution in [2.24, 2.45) is 28.6 Å². The highest BCUT2D eigenvalue weighted by Crippen LogP contribution is 2.53. The average molecular weight is 426 g/mol. The molecule has 2 aliphatic carbocycles. The van der Waals surface area contributed by atoms with E-state index in [0.717, 1.165) is 11.8 Å². The minimum atomic E-state index is -0.291. The summed E-state index contributed by atoms with van der Waals surface area (Å²) in [7, 11) is 0. The molecule has 0 radical (unpaired) electrons. The number of ether oxygens (including phenoxy) is 3. The lowest BCUT2D eigenvalue weighted by atomic mass is 9.93. The van der Waals surface area contributed by atoms with Crippen LogP contribution in [0.15, 0.2) is 0 Å². The SMILES string of the molecule is CC(C)(CNC(=O)OC[C@@H]1[C@@H]2CCCCCC[C@@H]21)COCC(C)(C)COC(C)(C)C. The van der Waals surface area contributed by atoms with Crippen LogP contribution in [0.2, 0.25) is 0 Å². The van der Waals surface area contributed by atoms with E-state index in [-0.39, 0.29) is 22.5 Å². The van der Waals surface area contributed by atoms with Crippen LogP contribution in [0.25, 0.3) is 0 Å². The van der Waals surface area contributed by atoms with Crippen LogP contribution in [0.1, 0.15) is 87.0 Å². The number of fused-ring (bicyclic) bond motifs is 1. The molecule has 5 nitrogen and oxygen atoms in total. The molecule has 2 saturated carbocycles.